The van der Waals surface area contributed by atoms with E-state index in [1.165, 1.54) is 28.0 Å². The molecule has 9 heteroatoms. The highest BCUT2D eigenvalue weighted by Crippen LogP contribution is 2.37. The molecular formula is C27H23FN4O3S. The van der Waals surface area contributed by atoms with Crippen LogP contribution >= 0.6 is 11.3 Å². The largest absolute Gasteiger partial charge is 0.504 e. The lowest BCUT2D eigenvalue weighted by Crippen LogP contribution is -2.27. The fourth-order valence-electron chi connectivity index (χ4n) is 4.16. The second kappa shape index (κ2) is 9.50. The van der Waals surface area contributed by atoms with Gasteiger partial charge in [0.05, 0.1) is 22.4 Å². The highest BCUT2D eigenvalue weighted by atomic mass is 32.1. The van der Waals surface area contributed by atoms with Crippen LogP contribution in [0.2, 0.25) is 0 Å². The third-order valence-corrected chi connectivity index (χ3v) is 7.03. The number of rotatable bonds is 6. The zero-order chi connectivity index (χ0) is 25.4. The van der Waals surface area contributed by atoms with Crippen LogP contribution in [0.5, 0.6) is 5.75 Å². The minimum Gasteiger partial charge on any atom is -0.504 e. The highest BCUT2D eigenvalue weighted by molar-refractivity contribution is 7.16. The first-order chi connectivity index (χ1) is 17.3. The lowest BCUT2D eigenvalue weighted by Gasteiger charge is -2.16. The highest BCUT2D eigenvalue weighted by Gasteiger charge is 2.23. The van der Waals surface area contributed by atoms with Gasteiger partial charge in [-0.15, -0.1) is 21.5 Å². The van der Waals surface area contributed by atoms with E-state index in [1.807, 2.05) is 43.3 Å². The second-order valence-electron chi connectivity index (χ2n) is 8.43. The van der Waals surface area contributed by atoms with Gasteiger partial charge in [-0.2, -0.15) is 0 Å². The molecule has 3 heterocycles. The van der Waals surface area contributed by atoms with E-state index >= 15 is 0 Å². The third kappa shape index (κ3) is 4.33. The molecule has 0 fully saturated rings. The summed E-state index contributed by atoms with van der Waals surface area (Å²) in [7, 11) is 0. The number of thiophene rings is 1. The Morgan fingerprint density at radius 1 is 1.03 bits per heavy atom. The van der Waals surface area contributed by atoms with Gasteiger partial charge >= 0.3 is 0 Å². The summed E-state index contributed by atoms with van der Waals surface area (Å²) >= 11 is 1.44. The molecule has 0 spiro atoms. The Bertz CT molecular complexity index is 1620. The molecule has 5 aromatic rings. The first-order valence-corrected chi connectivity index (χ1v) is 12.2. The molecule has 2 aromatic carbocycles. The summed E-state index contributed by atoms with van der Waals surface area (Å²) in [6.45, 7) is 5.69. The Hall–Kier alpha value is -4.11. The number of halogens is 1. The zero-order valence-electron chi connectivity index (χ0n) is 19.9. The maximum atomic E-state index is 14.2. The van der Waals surface area contributed by atoms with Crippen LogP contribution in [0.3, 0.4) is 0 Å². The van der Waals surface area contributed by atoms with Crippen molar-refractivity contribution in [1.29, 1.82) is 0 Å². The average Bonchev–Trinajstić information content (AvgIpc) is 3.46. The van der Waals surface area contributed by atoms with Crippen molar-refractivity contribution in [1.82, 2.24) is 19.7 Å². The fraction of sp³-hybridized carbons (Fsp3) is 0.185. The van der Waals surface area contributed by atoms with Crippen LogP contribution in [-0.4, -0.2) is 24.9 Å². The summed E-state index contributed by atoms with van der Waals surface area (Å²) in [5.41, 5.74) is 2.62. The quantitative estimate of drug-likeness (QED) is 0.320. The number of aryl methyl sites for hydroxylation is 4. The monoisotopic (exact) mass is 502 g/mol. The molecule has 0 amide bonds. The summed E-state index contributed by atoms with van der Waals surface area (Å²) in [5, 5.41) is 18.5. The van der Waals surface area contributed by atoms with Crippen molar-refractivity contribution in [2.45, 2.75) is 33.7 Å². The van der Waals surface area contributed by atoms with Crippen LogP contribution in [0.25, 0.3) is 33.3 Å². The normalized spacial score (nSPS) is 11.2. The molecule has 7 nitrogen and oxygen atoms in total. The molecule has 36 heavy (non-hydrogen) atoms. The Labute approximate surface area is 210 Å². The van der Waals surface area contributed by atoms with Gasteiger partial charge in [-0.3, -0.25) is 9.36 Å². The van der Waals surface area contributed by atoms with Gasteiger partial charge in [0.25, 0.3) is 5.56 Å². The van der Waals surface area contributed by atoms with E-state index in [0.29, 0.717) is 36.0 Å². The molecule has 0 saturated carbocycles. The van der Waals surface area contributed by atoms with E-state index in [2.05, 4.69) is 10.2 Å². The van der Waals surface area contributed by atoms with Gasteiger partial charge in [0.1, 0.15) is 5.82 Å². The maximum Gasteiger partial charge on any atom is 0.262 e. The Morgan fingerprint density at radius 3 is 2.53 bits per heavy atom. The van der Waals surface area contributed by atoms with Crippen molar-refractivity contribution in [3.05, 3.63) is 92.8 Å². The Morgan fingerprint density at radius 2 is 1.81 bits per heavy atom. The van der Waals surface area contributed by atoms with E-state index in [-0.39, 0.29) is 16.9 Å². The van der Waals surface area contributed by atoms with E-state index in [0.717, 1.165) is 20.9 Å². The van der Waals surface area contributed by atoms with Crippen LogP contribution in [0.4, 0.5) is 4.39 Å². The molecule has 3 aromatic heterocycles. The summed E-state index contributed by atoms with van der Waals surface area (Å²) in [6.07, 6.45) is 0.560. The number of hydrogen-bond acceptors (Lipinski definition) is 7. The third-order valence-electron chi connectivity index (χ3n) is 5.97. The van der Waals surface area contributed by atoms with Crippen LogP contribution in [-0.2, 0) is 13.0 Å². The lowest BCUT2D eigenvalue weighted by molar-refractivity contribution is 0.433. The summed E-state index contributed by atoms with van der Waals surface area (Å²) in [4.78, 5) is 20.3. The number of benzene rings is 2. The van der Waals surface area contributed by atoms with Gasteiger partial charge in [0.15, 0.2) is 11.6 Å². The molecule has 0 bridgehead atoms. The van der Waals surface area contributed by atoms with Gasteiger partial charge in [-0.25, -0.2) is 9.37 Å². The lowest BCUT2D eigenvalue weighted by atomic mass is 10.1. The van der Waals surface area contributed by atoms with Gasteiger partial charge < -0.3 is 9.52 Å². The molecule has 0 atom stereocenters. The van der Waals surface area contributed by atoms with E-state index in [9.17, 15) is 14.3 Å². The van der Waals surface area contributed by atoms with Crippen molar-refractivity contribution >= 4 is 11.3 Å². The van der Waals surface area contributed by atoms with Crippen molar-refractivity contribution < 1.29 is 13.9 Å². The number of aromatic hydroxyl groups is 1. The van der Waals surface area contributed by atoms with Gasteiger partial charge in [-0.05, 0) is 44.0 Å². The van der Waals surface area contributed by atoms with Crippen LogP contribution in [0.1, 0.15) is 22.0 Å². The van der Waals surface area contributed by atoms with Gasteiger partial charge in [0.2, 0.25) is 11.8 Å². The summed E-state index contributed by atoms with van der Waals surface area (Å²) in [5.74, 6) is -0.242. The maximum absolute atomic E-state index is 14.2. The summed E-state index contributed by atoms with van der Waals surface area (Å²) in [6, 6.07) is 15.8. The molecule has 0 radical (unpaired) electrons. The molecule has 0 aliphatic carbocycles. The molecule has 0 unspecified atom stereocenters. The molecular weight excluding hydrogens is 479 g/mol. The summed E-state index contributed by atoms with van der Waals surface area (Å²) < 4.78 is 21.3. The molecule has 0 saturated heterocycles. The fourth-order valence-corrected chi connectivity index (χ4v) is 5.26. The van der Waals surface area contributed by atoms with Crippen LogP contribution < -0.4 is 5.56 Å². The van der Waals surface area contributed by atoms with E-state index < -0.39 is 11.6 Å². The average molecular weight is 503 g/mol. The Balaban J connectivity index is 1.67. The topological polar surface area (TPSA) is 94.0 Å². The standard InChI is InChI=1S/C27H23FN4O3S/c1-15-23(22-14-20(16(2)36-22)26-31-30-17(3)35-26)27(34)32(13-12-18-8-5-4-6-9-18)25(29-15)19-10-7-11-21(28)24(19)33/h4-11,14,33H,12-13H2,1-3H3. The number of hydrogen-bond donors (Lipinski definition) is 1. The second-order valence-corrected chi connectivity index (χ2v) is 9.69. The Kier molecular flexibility index (Phi) is 6.24. The van der Waals surface area contributed by atoms with E-state index in [4.69, 9.17) is 9.40 Å². The zero-order valence-corrected chi connectivity index (χ0v) is 20.8. The first-order valence-electron chi connectivity index (χ1n) is 11.4. The molecule has 0 aliphatic heterocycles. The predicted octanol–water partition coefficient (Wildman–Crippen LogP) is 5.70. The number of aromatic nitrogens is 4. The number of para-hydroxylation sites is 1. The minimum atomic E-state index is -0.772. The predicted molar refractivity (Wildman–Crippen MR) is 137 cm³/mol. The van der Waals surface area contributed by atoms with Gasteiger partial charge in [-0.1, -0.05) is 36.4 Å². The number of nitrogens with zero attached hydrogens (tertiary/aromatic N) is 4. The molecule has 1 N–H and O–H groups in total. The van der Waals surface area contributed by atoms with Crippen molar-refractivity contribution in [3.8, 4) is 39.0 Å². The molecule has 5 rings (SSSR count). The van der Waals surface area contributed by atoms with E-state index in [1.54, 1.807) is 19.9 Å². The van der Waals surface area contributed by atoms with Crippen LogP contribution in [0.15, 0.2) is 63.8 Å². The minimum absolute atomic E-state index is 0.166. The number of phenols is 1. The molecule has 0 aliphatic rings. The smallest absolute Gasteiger partial charge is 0.262 e. The first kappa shape index (κ1) is 23.6. The molecule has 182 valence electrons. The van der Waals surface area contributed by atoms with Crippen LogP contribution in [0, 0.1) is 26.6 Å². The SMILES string of the molecule is Cc1nnc(-c2cc(-c3c(C)nc(-c4cccc(F)c4O)n(CCc4ccccc4)c3=O)sc2C)o1. The number of phenolic OH excluding ortho intramolecular Hbond substituents is 1. The van der Waals surface area contributed by atoms with Crippen molar-refractivity contribution in [2.75, 3.05) is 0 Å². The van der Waals surface area contributed by atoms with Crippen molar-refractivity contribution in [2.24, 2.45) is 0 Å². The van der Waals surface area contributed by atoms with Crippen molar-refractivity contribution in [3.63, 3.8) is 0 Å². The van der Waals surface area contributed by atoms with Gasteiger partial charge in [0, 0.05) is 23.2 Å².